The van der Waals surface area contributed by atoms with Gasteiger partial charge in [-0.3, -0.25) is 4.79 Å². The number of aliphatic carboxylic acids is 1. The average Bonchev–Trinajstić information content (AvgIpc) is 3.23. The Hall–Kier alpha value is -3.74. The van der Waals surface area contributed by atoms with E-state index < -0.39 is 17.7 Å². The van der Waals surface area contributed by atoms with Crippen LogP contribution in [0.3, 0.4) is 0 Å². The maximum atomic E-state index is 12.8. The number of benzene rings is 3. The zero-order valence-corrected chi connectivity index (χ0v) is 18.6. The summed E-state index contributed by atoms with van der Waals surface area (Å²) in [5.41, 5.74) is 3.62. The van der Waals surface area contributed by atoms with Crippen molar-refractivity contribution >= 4 is 16.9 Å². The Morgan fingerprint density at radius 2 is 1.71 bits per heavy atom. The van der Waals surface area contributed by atoms with Crippen molar-refractivity contribution in [2.24, 2.45) is 0 Å². The number of carboxylic acids is 1. The maximum absolute atomic E-state index is 12.8. The molecule has 0 unspecified atom stereocenters. The number of ether oxygens (including phenoxy) is 1. The second-order valence-electron chi connectivity index (χ2n) is 8.08. The molecule has 4 rings (SSSR count). The molecule has 0 saturated heterocycles. The number of carboxylic acid groups (broad SMARTS) is 1. The topological polar surface area (TPSA) is 51.5 Å². The fourth-order valence-corrected chi connectivity index (χ4v) is 3.93. The summed E-state index contributed by atoms with van der Waals surface area (Å²) in [4.78, 5) is 11.0. The van der Waals surface area contributed by atoms with Gasteiger partial charge in [-0.15, -0.1) is 0 Å². The number of alkyl halides is 3. The molecular formula is C27H24F3NO3. The van der Waals surface area contributed by atoms with Crippen LogP contribution >= 0.6 is 0 Å². The van der Waals surface area contributed by atoms with Crippen LogP contribution in [0.5, 0.6) is 5.75 Å². The van der Waals surface area contributed by atoms with Gasteiger partial charge in [-0.1, -0.05) is 24.3 Å². The number of aromatic nitrogens is 1. The maximum Gasteiger partial charge on any atom is 0.416 e. The summed E-state index contributed by atoms with van der Waals surface area (Å²) < 4.78 is 46.6. The van der Waals surface area contributed by atoms with E-state index >= 15 is 0 Å². The molecule has 4 aromatic rings. The molecule has 0 aliphatic rings. The van der Waals surface area contributed by atoms with Crippen molar-refractivity contribution in [3.63, 3.8) is 0 Å². The smallest absolute Gasteiger partial charge is 0.416 e. The summed E-state index contributed by atoms with van der Waals surface area (Å²) in [7, 11) is 0. The van der Waals surface area contributed by atoms with Crippen LogP contribution in [0.25, 0.3) is 22.0 Å². The number of carbonyl (C=O) groups is 1. The first-order chi connectivity index (χ1) is 16.2. The first-order valence-electron chi connectivity index (χ1n) is 11.0. The fourth-order valence-electron chi connectivity index (χ4n) is 3.93. The molecular weight excluding hydrogens is 443 g/mol. The zero-order chi connectivity index (χ0) is 24.3. The van der Waals surface area contributed by atoms with E-state index in [1.54, 1.807) is 6.07 Å². The third-order valence-corrected chi connectivity index (χ3v) is 5.77. The molecule has 1 aromatic heterocycles. The van der Waals surface area contributed by atoms with E-state index in [-0.39, 0.29) is 13.0 Å². The molecule has 4 nitrogen and oxygen atoms in total. The molecule has 3 aromatic carbocycles. The Morgan fingerprint density at radius 1 is 0.971 bits per heavy atom. The van der Waals surface area contributed by atoms with Crippen molar-refractivity contribution in [3.05, 3.63) is 89.6 Å². The molecule has 0 spiro atoms. The van der Waals surface area contributed by atoms with Gasteiger partial charge in [0.25, 0.3) is 0 Å². The summed E-state index contributed by atoms with van der Waals surface area (Å²) >= 11 is 0. The van der Waals surface area contributed by atoms with E-state index in [4.69, 9.17) is 9.84 Å². The highest BCUT2D eigenvalue weighted by atomic mass is 19.4. The summed E-state index contributed by atoms with van der Waals surface area (Å²) in [6, 6.07) is 18.6. The largest absolute Gasteiger partial charge is 0.488 e. The lowest BCUT2D eigenvalue weighted by atomic mass is 9.98. The summed E-state index contributed by atoms with van der Waals surface area (Å²) in [5, 5.41) is 10.1. The van der Waals surface area contributed by atoms with Gasteiger partial charge in [0.1, 0.15) is 12.4 Å². The van der Waals surface area contributed by atoms with Gasteiger partial charge in [-0.2, -0.15) is 13.2 Å². The Morgan fingerprint density at radius 3 is 2.38 bits per heavy atom. The van der Waals surface area contributed by atoms with Gasteiger partial charge in [0.15, 0.2) is 0 Å². The molecule has 0 bridgehead atoms. The van der Waals surface area contributed by atoms with Crippen LogP contribution in [0.4, 0.5) is 13.2 Å². The van der Waals surface area contributed by atoms with Gasteiger partial charge in [0.05, 0.1) is 5.56 Å². The highest BCUT2D eigenvalue weighted by Crippen LogP contribution is 2.35. The van der Waals surface area contributed by atoms with Crippen LogP contribution < -0.4 is 4.74 Å². The van der Waals surface area contributed by atoms with Gasteiger partial charge in [0, 0.05) is 35.6 Å². The van der Waals surface area contributed by atoms with E-state index in [0.29, 0.717) is 17.7 Å². The number of rotatable bonds is 8. The monoisotopic (exact) mass is 467 g/mol. The van der Waals surface area contributed by atoms with Crippen LogP contribution in [0, 0.1) is 0 Å². The number of halogens is 3. The Labute approximate surface area is 195 Å². The third-order valence-electron chi connectivity index (χ3n) is 5.77. The van der Waals surface area contributed by atoms with Crippen LogP contribution in [0.2, 0.25) is 0 Å². The van der Waals surface area contributed by atoms with E-state index in [9.17, 15) is 18.0 Å². The minimum Gasteiger partial charge on any atom is -0.488 e. The van der Waals surface area contributed by atoms with E-state index in [1.807, 2.05) is 36.5 Å². The van der Waals surface area contributed by atoms with Gasteiger partial charge in [0.2, 0.25) is 0 Å². The molecule has 0 aliphatic heterocycles. The first-order valence-corrected chi connectivity index (χ1v) is 11.0. The lowest BCUT2D eigenvalue weighted by Crippen LogP contribution is -2.05. The number of nitrogens with zero attached hydrogens (tertiary/aromatic N) is 1. The Balaban J connectivity index is 1.64. The fraction of sp³-hybridized carbons (Fsp3) is 0.222. The predicted molar refractivity (Wildman–Crippen MR) is 125 cm³/mol. The highest BCUT2D eigenvalue weighted by molar-refractivity contribution is 5.87. The van der Waals surface area contributed by atoms with E-state index in [0.717, 1.165) is 46.3 Å². The van der Waals surface area contributed by atoms with E-state index in [2.05, 4.69) is 17.6 Å². The molecule has 7 heteroatoms. The first kappa shape index (κ1) is 23.4. The van der Waals surface area contributed by atoms with Crippen molar-refractivity contribution in [2.45, 2.75) is 39.1 Å². The Kier molecular flexibility index (Phi) is 6.63. The number of hydrogen-bond acceptors (Lipinski definition) is 2. The minimum atomic E-state index is -4.38. The van der Waals surface area contributed by atoms with Gasteiger partial charge < -0.3 is 14.4 Å². The molecule has 0 aliphatic carbocycles. The van der Waals surface area contributed by atoms with Crippen molar-refractivity contribution in [1.82, 2.24) is 4.57 Å². The average molecular weight is 467 g/mol. The molecule has 0 amide bonds. The highest BCUT2D eigenvalue weighted by Gasteiger charge is 2.29. The summed E-state index contributed by atoms with van der Waals surface area (Å²) in [6.07, 6.45) is -1.95. The summed E-state index contributed by atoms with van der Waals surface area (Å²) in [6.45, 7) is 3.04. The molecule has 1 heterocycles. The normalized spacial score (nSPS) is 11.6. The molecule has 0 saturated carbocycles. The molecule has 176 valence electrons. The molecule has 1 N–H and O–H groups in total. The SMILES string of the molecule is CCn1ccc2cc(-c3cc(CCC(=O)O)ccc3OCc3ccc(C(F)(F)F)cc3)ccc21. The van der Waals surface area contributed by atoms with Gasteiger partial charge in [-0.05, 0) is 72.5 Å². The summed E-state index contributed by atoms with van der Waals surface area (Å²) in [5.74, 6) is -0.292. The van der Waals surface area contributed by atoms with Crippen LogP contribution in [0.1, 0.15) is 30.0 Å². The van der Waals surface area contributed by atoms with E-state index in [1.165, 1.54) is 12.1 Å². The van der Waals surface area contributed by atoms with Crippen molar-refractivity contribution in [3.8, 4) is 16.9 Å². The lowest BCUT2D eigenvalue weighted by Gasteiger charge is -2.15. The zero-order valence-electron chi connectivity index (χ0n) is 18.6. The molecule has 0 radical (unpaired) electrons. The third kappa shape index (κ3) is 5.25. The predicted octanol–water partition coefficient (Wildman–Crippen LogP) is 6.94. The molecule has 0 fully saturated rings. The number of aryl methyl sites for hydroxylation is 2. The number of fused-ring (bicyclic) bond motifs is 1. The van der Waals surface area contributed by atoms with Crippen molar-refractivity contribution in [2.75, 3.05) is 0 Å². The molecule has 34 heavy (non-hydrogen) atoms. The van der Waals surface area contributed by atoms with Crippen LogP contribution in [0.15, 0.2) is 72.9 Å². The van der Waals surface area contributed by atoms with Crippen molar-refractivity contribution in [1.29, 1.82) is 0 Å². The lowest BCUT2D eigenvalue weighted by molar-refractivity contribution is -0.138. The quantitative estimate of drug-likeness (QED) is 0.305. The minimum absolute atomic E-state index is 0.0174. The standard InChI is InChI=1S/C27H24F3NO3/c1-2-31-14-13-21-16-20(7-10-24(21)31)23-15-18(6-12-26(32)33)5-11-25(23)34-17-19-3-8-22(9-4-19)27(28,29)30/h3-5,7-11,13-16H,2,6,12,17H2,1H3,(H,32,33). The second kappa shape index (κ2) is 9.63. The van der Waals surface area contributed by atoms with Gasteiger partial charge in [-0.25, -0.2) is 0 Å². The van der Waals surface area contributed by atoms with Crippen LogP contribution in [-0.4, -0.2) is 15.6 Å². The van der Waals surface area contributed by atoms with Crippen molar-refractivity contribution < 1.29 is 27.8 Å². The van der Waals surface area contributed by atoms with Gasteiger partial charge >= 0.3 is 12.1 Å². The van der Waals surface area contributed by atoms with Crippen LogP contribution in [-0.2, 0) is 30.5 Å². The second-order valence-corrected chi connectivity index (χ2v) is 8.08. The molecule has 0 atom stereocenters. The Bertz CT molecular complexity index is 1310. The number of hydrogen-bond donors (Lipinski definition) is 1.